The maximum absolute atomic E-state index is 12.8. The molecule has 0 aromatic carbocycles. The van der Waals surface area contributed by atoms with Crippen molar-refractivity contribution in [2.75, 3.05) is 41.0 Å². The van der Waals surface area contributed by atoms with Gasteiger partial charge in [-0.1, -0.05) is 187 Å². The maximum atomic E-state index is 12.8. The number of esters is 2. The third-order valence-electron chi connectivity index (χ3n) is 10.7. The summed E-state index contributed by atoms with van der Waals surface area (Å²) in [7, 11) is 5.39. The van der Waals surface area contributed by atoms with Crippen LogP contribution in [0.2, 0.25) is 0 Å². The summed E-state index contributed by atoms with van der Waals surface area (Å²) in [5, 5.41) is 11.7. The van der Waals surface area contributed by atoms with Crippen LogP contribution in [0.15, 0.2) is 109 Å². The Hall–Kier alpha value is -4.01. The molecule has 0 fully saturated rings. The van der Waals surface area contributed by atoms with Gasteiger partial charge in [-0.15, -0.1) is 0 Å². The number of carboxylic acid groups (broad SMARTS) is 1. The number of carbonyl (C=O) groups is 3. The quantitative estimate of drug-likeness (QED) is 0.0197. The number of ether oxygens (including phenoxy) is 3. The summed E-state index contributed by atoms with van der Waals surface area (Å²) >= 11 is 0. The highest BCUT2D eigenvalue weighted by Crippen LogP contribution is 2.13. The molecule has 0 heterocycles. The van der Waals surface area contributed by atoms with Gasteiger partial charge in [0.2, 0.25) is 0 Å². The molecule has 368 valence electrons. The van der Waals surface area contributed by atoms with Crippen molar-refractivity contribution >= 4 is 17.9 Å². The Morgan fingerprint density at radius 1 is 0.492 bits per heavy atom. The van der Waals surface area contributed by atoms with Crippen LogP contribution in [-0.2, 0) is 28.6 Å². The van der Waals surface area contributed by atoms with Crippen molar-refractivity contribution in [1.29, 1.82) is 0 Å². The van der Waals surface area contributed by atoms with Gasteiger partial charge in [-0.05, 0) is 83.5 Å². The zero-order valence-corrected chi connectivity index (χ0v) is 41.9. The lowest BCUT2D eigenvalue weighted by atomic mass is 10.1. The van der Waals surface area contributed by atoms with Crippen LogP contribution in [0.3, 0.4) is 0 Å². The Balaban J connectivity index is 4.35. The van der Waals surface area contributed by atoms with Gasteiger partial charge in [0.1, 0.15) is 12.6 Å². The topological polar surface area (TPSA) is 102 Å². The average Bonchev–Trinajstić information content (AvgIpc) is 3.27. The summed E-state index contributed by atoms with van der Waals surface area (Å²) in [4.78, 5) is 37.0. The van der Waals surface area contributed by atoms with Crippen LogP contribution in [0.4, 0.5) is 0 Å². The third-order valence-corrected chi connectivity index (χ3v) is 10.7. The second kappa shape index (κ2) is 46.5. The highest BCUT2D eigenvalue weighted by atomic mass is 16.6. The molecule has 0 radical (unpaired) electrons. The Kier molecular flexibility index (Phi) is 43.6. The van der Waals surface area contributed by atoms with Gasteiger partial charge in [-0.2, -0.15) is 0 Å². The van der Waals surface area contributed by atoms with E-state index in [1.807, 2.05) is 6.08 Å². The van der Waals surface area contributed by atoms with Crippen molar-refractivity contribution in [2.24, 2.45) is 0 Å². The van der Waals surface area contributed by atoms with Crippen molar-refractivity contribution < 1.29 is 38.2 Å². The van der Waals surface area contributed by atoms with E-state index in [2.05, 4.69) is 117 Å². The predicted molar refractivity (Wildman–Crippen MR) is 272 cm³/mol. The Bertz CT molecular complexity index is 1420. The number of hydrogen-bond donors (Lipinski definition) is 0. The van der Waals surface area contributed by atoms with Crippen LogP contribution >= 0.6 is 0 Å². The number of rotatable bonds is 44. The highest BCUT2D eigenvalue weighted by Gasteiger charge is 2.25. The van der Waals surface area contributed by atoms with Crippen molar-refractivity contribution in [3.05, 3.63) is 109 Å². The molecular weight excluding hydrogens is 811 g/mol. The van der Waals surface area contributed by atoms with Crippen molar-refractivity contribution in [3.63, 3.8) is 0 Å². The molecule has 0 amide bonds. The Labute approximate surface area is 398 Å². The van der Waals surface area contributed by atoms with Gasteiger partial charge in [0.25, 0.3) is 0 Å². The van der Waals surface area contributed by atoms with Gasteiger partial charge < -0.3 is 28.6 Å². The van der Waals surface area contributed by atoms with Gasteiger partial charge >= 0.3 is 11.9 Å². The monoisotopic (exact) mass is 904 g/mol. The molecule has 0 spiro atoms. The first-order valence-corrected chi connectivity index (χ1v) is 25.5. The zero-order chi connectivity index (χ0) is 47.7. The van der Waals surface area contributed by atoms with E-state index in [-0.39, 0.29) is 42.7 Å². The number of carbonyl (C=O) groups excluding carboxylic acids is 3. The Morgan fingerprint density at radius 2 is 0.923 bits per heavy atom. The SMILES string of the molecule is CC/C=C/C/C=C/C/C=C/C/C=C/C/C=C/CCCCCCCCCC(=O)OC(COCCC(C(=O)[O-])[N+](C)(C)C)COC(=O)CCCCCCC/C=C/C=C/C=C/C=C/CCCCC. The molecule has 2 atom stereocenters. The van der Waals surface area contributed by atoms with Crippen molar-refractivity contribution in [1.82, 2.24) is 0 Å². The standard InChI is InChI=1S/C57H93NO7/c1-6-8-10-12-14-16-18-20-22-24-26-27-28-29-30-32-34-36-38-40-42-44-46-48-56(60)65-53(51-63-50-49-54(57(61)62)58(3,4)5)52-64-55(59)47-45-43-41-39-37-35-33-31-25-23-21-19-17-15-13-11-9-7-2/h8,10,14-17,19-23,25-27,29-31,33,53-54H,6-7,9,11-13,18,24,28,32,34-52H2,1-5H3/b10-8+,16-14+,17-15+,21-19+,22-20+,25-23+,27-26+,30-29+,33-31+. The van der Waals surface area contributed by atoms with Crippen LogP contribution in [0.1, 0.15) is 181 Å². The first-order chi connectivity index (χ1) is 31.6. The van der Waals surface area contributed by atoms with Gasteiger partial charge in [0, 0.05) is 19.3 Å². The summed E-state index contributed by atoms with van der Waals surface area (Å²) < 4.78 is 17.2. The van der Waals surface area contributed by atoms with Crippen LogP contribution in [0.5, 0.6) is 0 Å². The lowest BCUT2D eigenvalue weighted by molar-refractivity contribution is -0.889. The second-order valence-corrected chi connectivity index (χ2v) is 17.8. The fraction of sp³-hybridized carbons (Fsp3) is 0.632. The zero-order valence-electron chi connectivity index (χ0n) is 41.9. The van der Waals surface area contributed by atoms with E-state index in [0.29, 0.717) is 12.8 Å². The second-order valence-electron chi connectivity index (χ2n) is 17.8. The van der Waals surface area contributed by atoms with Crippen LogP contribution in [-0.4, -0.2) is 75.5 Å². The molecule has 65 heavy (non-hydrogen) atoms. The number of nitrogens with zero attached hydrogens (tertiary/aromatic N) is 1. The average molecular weight is 904 g/mol. The summed E-state index contributed by atoms with van der Waals surface area (Å²) in [6.07, 6.45) is 63.9. The lowest BCUT2D eigenvalue weighted by Gasteiger charge is -2.34. The molecule has 0 aliphatic heterocycles. The summed E-state index contributed by atoms with van der Waals surface area (Å²) in [5.74, 6) is -1.79. The normalized spacial score (nSPS) is 13.8. The molecule has 8 heteroatoms. The van der Waals surface area contributed by atoms with Gasteiger partial charge in [0.05, 0.1) is 40.3 Å². The van der Waals surface area contributed by atoms with E-state index >= 15 is 0 Å². The molecule has 0 aliphatic carbocycles. The molecule has 0 saturated carbocycles. The third kappa shape index (κ3) is 45.0. The van der Waals surface area contributed by atoms with Gasteiger partial charge in [0.15, 0.2) is 6.10 Å². The van der Waals surface area contributed by atoms with Gasteiger partial charge in [-0.3, -0.25) is 9.59 Å². The molecule has 0 aliphatic rings. The summed E-state index contributed by atoms with van der Waals surface area (Å²) in [5.41, 5.74) is 0. The van der Waals surface area contributed by atoms with E-state index in [0.717, 1.165) is 109 Å². The molecule has 0 bridgehead atoms. The molecule has 0 aromatic rings. The Morgan fingerprint density at radius 3 is 1.42 bits per heavy atom. The minimum atomic E-state index is -1.13. The first-order valence-electron chi connectivity index (χ1n) is 25.5. The number of likely N-dealkylation sites (N-methyl/N-ethyl adjacent to an activating group) is 1. The number of hydrogen-bond acceptors (Lipinski definition) is 7. The van der Waals surface area contributed by atoms with E-state index in [4.69, 9.17) is 14.2 Å². The number of unbranched alkanes of at least 4 members (excludes halogenated alkanes) is 15. The molecule has 2 unspecified atom stereocenters. The van der Waals surface area contributed by atoms with E-state index < -0.39 is 18.1 Å². The summed E-state index contributed by atoms with van der Waals surface area (Å²) in [6, 6.07) is -0.739. The maximum Gasteiger partial charge on any atom is 0.306 e. The van der Waals surface area contributed by atoms with E-state index in [9.17, 15) is 19.5 Å². The fourth-order valence-electron chi connectivity index (χ4n) is 6.81. The van der Waals surface area contributed by atoms with Gasteiger partial charge in [-0.25, -0.2) is 0 Å². The minimum absolute atomic E-state index is 0.0209. The number of aliphatic carboxylic acids is 1. The molecule has 8 nitrogen and oxygen atoms in total. The molecular formula is C57H93NO7. The molecule has 0 rings (SSSR count). The van der Waals surface area contributed by atoms with Crippen molar-refractivity contribution in [3.8, 4) is 0 Å². The number of quaternary nitrogens is 1. The largest absolute Gasteiger partial charge is 0.544 e. The van der Waals surface area contributed by atoms with Crippen LogP contribution in [0.25, 0.3) is 0 Å². The lowest BCUT2D eigenvalue weighted by Crippen LogP contribution is -2.55. The van der Waals surface area contributed by atoms with Crippen molar-refractivity contribution in [2.45, 2.75) is 193 Å². The predicted octanol–water partition coefficient (Wildman–Crippen LogP) is 13.5. The smallest absolute Gasteiger partial charge is 0.306 e. The first kappa shape index (κ1) is 61.0. The number of carboxylic acids is 1. The molecule has 0 aromatic heterocycles. The fourth-order valence-corrected chi connectivity index (χ4v) is 6.81. The van der Waals surface area contributed by atoms with Crippen LogP contribution < -0.4 is 5.11 Å². The highest BCUT2D eigenvalue weighted by molar-refractivity contribution is 5.70. The molecule has 0 saturated heterocycles. The van der Waals surface area contributed by atoms with Crippen LogP contribution in [0, 0.1) is 0 Å². The minimum Gasteiger partial charge on any atom is -0.544 e. The van der Waals surface area contributed by atoms with E-state index in [1.54, 1.807) is 21.1 Å². The van der Waals surface area contributed by atoms with E-state index in [1.165, 1.54) is 38.5 Å². The number of allylic oxidation sites excluding steroid dienone is 18. The molecule has 0 N–H and O–H groups in total. The summed E-state index contributed by atoms with van der Waals surface area (Å²) in [6.45, 7) is 4.46.